The zero-order chi connectivity index (χ0) is 25.9. The highest BCUT2D eigenvalue weighted by Crippen LogP contribution is 2.31. The molecular formula is C25H20N6O5S. The van der Waals surface area contributed by atoms with E-state index in [0.717, 1.165) is 16.9 Å². The van der Waals surface area contributed by atoms with Crippen molar-refractivity contribution in [2.45, 2.75) is 19.4 Å². The maximum atomic E-state index is 13.0. The number of nitriles is 1. The Labute approximate surface area is 215 Å². The van der Waals surface area contributed by atoms with Gasteiger partial charge in [0.1, 0.15) is 28.2 Å². The van der Waals surface area contributed by atoms with Crippen LogP contribution in [0.15, 0.2) is 53.1 Å². The Bertz CT molecular complexity index is 1510. The minimum atomic E-state index is -0.648. The molecule has 0 radical (unpaired) electrons. The van der Waals surface area contributed by atoms with Gasteiger partial charge in [0, 0.05) is 44.1 Å². The van der Waals surface area contributed by atoms with Gasteiger partial charge in [-0.1, -0.05) is 11.3 Å². The molecule has 3 heterocycles. The van der Waals surface area contributed by atoms with Crippen LogP contribution in [-0.4, -0.2) is 51.6 Å². The van der Waals surface area contributed by atoms with Gasteiger partial charge in [-0.05, 0) is 36.4 Å². The van der Waals surface area contributed by atoms with E-state index >= 15 is 0 Å². The molecule has 5 rings (SSSR count). The molecule has 12 heteroatoms. The Balaban J connectivity index is 1.40. The lowest BCUT2D eigenvalue weighted by molar-refractivity contribution is -0.132. The van der Waals surface area contributed by atoms with Crippen molar-refractivity contribution in [2.24, 2.45) is 0 Å². The van der Waals surface area contributed by atoms with Gasteiger partial charge in [-0.25, -0.2) is 4.98 Å². The molecule has 0 aliphatic carbocycles. The number of carbonyl (C=O) groups excluding carboxylic acids is 2. The molecule has 1 N–H and O–H groups in total. The van der Waals surface area contributed by atoms with Crippen LogP contribution in [-0.2, 0) is 4.79 Å². The van der Waals surface area contributed by atoms with E-state index in [1.54, 1.807) is 55.3 Å². The third-order valence-corrected chi connectivity index (χ3v) is 6.32. The first-order chi connectivity index (χ1) is 17.9. The van der Waals surface area contributed by atoms with Gasteiger partial charge in [0.2, 0.25) is 11.8 Å². The number of amides is 2. The summed E-state index contributed by atoms with van der Waals surface area (Å²) < 4.78 is 17.4. The minimum absolute atomic E-state index is 0.129. The molecule has 1 unspecified atom stereocenters. The number of nitrogens with zero attached hydrogens (tertiary/aromatic N) is 5. The van der Waals surface area contributed by atoms with E-state index in [2.05, 4.69) is 20.5 Å². The molecule has 0 spiro atoms. The minimum Gasteiger partial charge on any atom is -0.480 e. The summed E-state index contributed by atoms with van der Waals surface area (Å²) >= 11 is 1.06. The van der Waals surface area contributed by atoms with Crippen LogP contribution in [0.1, 0.15) is 27.5 Å². The van der Waals surface area contributed by atoms with Gasteiger partial charge in [0.25, 0.3) is 11.8 Å². The van der Waals surface area contributed by atoms with Crippen LogP contribution in [0.5, 0.6) is 17.2 Å². The Morgan fingerprint density at radius 2 is 1.97 bits per heavy atom. The lowest BCUT2D eigenvalue weighted by Gasteiger charge is -2.15. The number of likely N-dealkylation sites (N-methyl/N-ethyl adjacent to an activating group) is 1. The van der Waals surface area contributed by atoms with Gasteiger partial charge < -0.3 is 18.8 Å². The summed E-state index contributed by atoms with van der Waals surface area (Å²) in [6.45, 7) is 2.30. The molecule has 1 saturated heterocycles. The molecule has 1 fully saturated rings. The van der Waals surface area contributed by atoms with Gasteiger partial charge >= 0.3 is 0 Å². The molecule has 2 aromatic heterocycles. The summed E-state index contributed by atoms with van der Waals surface area (Å²) in [4.78, 5) is 31.4. The fraction of sp³-hybridized carbons (Fsp3) is 0.200. The lowest BCUT2D eigenvalue weighted by atomic mass is 10.1. The monoisotopic (exact) mass is 516 g/mol. The first-order valence-electron chi connectivity index (χ1n) is 11.2. The third kappa shape index (κ3) is 5.41. The Morgan fingerprint density at radius 1 is 1.19 bits per heavy atom. The average molecular weight is 517 g/mol. The maximum absolute atomic E-state index is 13.0. The molecule has 2 aromatic carbocycles. The van der Waals surface area contributed by atoms with E-state index in [1.807, 2.05) is 6.07 Å². The van der Waals surface area contributed by atoms with Crippen LogP contribution in [0.3, 0.4) is 0 Å². The zero-order valence-electron chi connectivity index (χ0n) is 19.8. The summed E-state index contributed by atoms with van der Waals surface area (Å²) in [6.07, 6.45) is 1.27. The van der Waals surface area contributed by atoms with Gasteiger partial charge in [0.15, 0.2) is 11.2 Å². The van der Waals surface area contributed by atoms with Crippen molar-refractivity contribution in [3.8, 4) is 34.8 Å². The number of carbonyl (C=O) groups is 2. The molecule has 4 aromatic rings. The topological polar surface area (TPSA) is 143 Å². The number of anilines is 1. The second-order valence-corrected chi connectivity index (χ2v) is 9.23. The van der Waals surface area contributed by atoms with E-state index in [9.17, 15) is 9.59 Å². The van der Waals surface area contributed by atoms with Crippen molar-refractivity contribution in [3.63, 3.8) is 0 Å². The molecular weight excluding hydrogens is 496 g/mol. The van der Waals surface area contributed by atoms with Gasteiger partial charge in [-0.15, -0.1) is 10.2 Å². The lowest BCUT2D eigenvalue weighted by Crippen LogP contribution is -2.29. The van der Waals surface area contributed by atoms with Crippen LogP contribution >= 0.6 is 11.3 Å². The second-order valence-electron chi connectivity index (χ2n) is 8.20. The molecule has 0 bridgehead atoms. The zero-order valence-corrected chi connectivity index (χ0v) is 20.6. The van der Waals surface area contributed by atoms with Crippen LogP contribution in [0, 0.1) is 18.3 Å². The highest BCUT2D eigenvalue weighted by molar-refractivity contribution is 7.16. The van der Waals surface area contributed by atoms with Gasteiger partial charge in [-0.3, -0.25) is 14.9 Å². The highest BCUT2D eigenvalue weighted by atomic mass is 32.1. The fourth-order valence-corrected chi connectivity index (χ4v) is 4.27. The van der Waals surface area contributed by atoms with E-state index in [1.165, 1.54) is 12.3 Å². The number of hydrogen-bond acceptors (Lipinski definition) is 10. The van der Waals surface area contributed by atoms with Crippen molar-refractivity contribution in [1.82, 2.24) is 20.1 Å². The molecule has 2 amide bonds. The number of aryl methyl sites for hydroxylation is 1. The molecule has 0 saturated carbocycles. The number of nitrogens with one attached hydrogen (secondary N) is 1. The summed E-state index contributed by atoms with van der Waals surface area (Å²) in [5, 5.41) is 19.8. The van der Waals surface area contributed by atoms with Crippen molar-refractivity contribution >= 4 is 28.3 Å². The number of thiazole rings is 1. The number of benzene rings is 2. The predicted octanol–water partition coefficient (Wildman–Crippen LogP) is 4.03. The SMILES string of the molecule is Cc1nnc(-c2ccc(Oc3cc(OC4CCN(C)C4=O)cc(C(=O)Nc4ncc(C#N)s4)c3)cc2)o1. The van der Waals surface area contributed by atoms with E-state index in [-0.39, 0.29) is 16.6 Å². The van der Waals surface area contributed by atoms with Crippen LogP contribution in [0.2, 0.25) is 0 Å². The molecule has 11 nitrogen and oxygen atoms in total. The third-order valence-electron chi connectivity index (χ3n) is 5.50. The Hall–Kier alpha value is -4.76. The maximum Gasteiger partial charge on any atom is 0.263 e. The quantitative estimate of drug-likeness (QED) is 0.385. The van der Waals surface area contributed by atoms with Crippen molar-refractivity contribution < 1.29 is 23.5 Å². The Kier molecular flexibility index (Phi) is 6.53. The number of aromatic nitrogens is 3. The summed E-state index contributed by atoms with van der Waals surface area (Å²) in [5.74, 6) is 1.41. The first-order valence-corrected chi connectivity index (χ1v) is 12.0. The number of likely N-dealkylation sites (tertiary alicyclic amines) is 1. The highest BCUT2D eigenvalue weighted by Gasteiger charge is 2.31. The average Bonchev–Trinajstić information content (AvgIpc) is 3.61. The Morgan fingerprint density at radius 3 is 2.62 bits per heavy atom. The number of rotatable bonds is 7. The molecule has 1 aliphatic rings. The number of hydrogen-bond donors (Lipinski definition) is 1. The van der Waals surface area contributed by atoms with E-state index in [4.69, 9.17) is 19.2 Å². The van der Waals surface area contributed by atoms with Gasteiger partial charge in [-0.2, -0.15) is 5.26 Å². The normalized spacial score (nSPS) is 14.9. The van der Waals surface area contributed by atoms with Crippen LogP contribution in [0.25, 0.3) is 11.5 Å². The van der Waals surface area contributed by atoms with Crippen molar-refractivity contribution in [3.05, 3.63) is 65.0 Å². The second kappa shape index (κ2) is 10.1. The van der Waals surface area contributed by atoms with Gasteiger partial charge in [0.05, 0.1) is 6.20 Å². The predicted molar refractivity (Wildman–Crippen MR) is 132 cm³/mol. The summed E-state index contributed by atoms with van der Waals surface area (Å²) in [7, 11) is 1.72. The largest absolute Gasteiger partial charge is 0.480 e. The first kappa shape index (κ1) is 24.0. The molecule has 1 atom stereocenters. The smallest absolute Gasteiger partial charge is 0.263 e. The molecule has 1 aliphatic heterocycles. The van der Waals surface area contributed by atoms with Crippen LogP contribution < -0.4 is 14.8 Å². The van der Waals surface area contributed by atoms with E-state index < -0.39 is 12.0 Å². The van der Waals surface area contributed by atoms with Crippen LogP contribution in [0.4, 0.5) is 5.13 Å². The fourth-order valence-electron chi connectivity index (χ4n) is 3.66. The molecule has 186 valence electrons. The number of ether oxygens (including phenoxy) is 2. The van der Waals surface area contributed by atoms with Crippen molar-refractivity contribution in [1.29, 1.82) is 5.26 Å². The molecule has 37 heavy (non-hydrogen) atoms. The standard InChI is InChI=1S/C25H20N6O5S/c1-14-29-30-23(34-14)15-3-5-17(6-4-15)35-18-9-16(22(32)28-25-27-13-20(12-26)37-25)10-19(11-18)36-21-7-8-31(2)24(21)33/h3-6,9-11,13,21H,7-8H2,1-2H3,(H,27,28,32). The summed E-state index contributed by atoms with van der Waals surface area (Å²) in [6, 6.07) is 13.7. The van der Waals surface area contributed by atoms with Crippen molar-refractivity contribution in [2.75, 3.05) is 18.9 Å². The summed E-state index contributed by atoms with van der Waals surface area (Å²) in [5.41, 5.74) is 0.965. The van der Waals surface area contributed by atoms with E-state index in [0.29, 0.717) is 46.9 Å².